The number of carbonyl (C=O) groups is 1. The number of phenols is 1. The number of tetrazole rings is 1. The third kappa shape index (κ3) is 4.00. The molecule has 1 aliphatic rings. The van der Waals surface area contributed by atoms with Crippen molar-refractivity contribution in [2.45, 2.75) is 28.6 Å². The molecular weight excluding hydrogens is 394 g/mol. The molecule has 0 fully saturated rings. The molecule has 7 nitrogen and oxygen atoms in total. The van der Waals surface area contributed by atoms with Crippen molar-refractivity contribution in [3.05, 3.63) is 48.5 Å². The number of fused-ring (bicyclic) bond motifs is 1. The van der Waals surface area contributed by atoms with Gasteiger partial charge < -0.3 is 10.0 Å². The van der Waals surface area contributed by atoms with Crippen molar-refractivity contribution in [1.29, 1.82) is 0 Å². The number of nitrogens with zero attached hydrogens (tertiary/aromatic N) is 5. The molecule has 1 atom stereocenters. The number of thioether (sulfide) groups is 2. The fourth-order valence-corrected chi connectivity index (χ4v) is 4.85. The number of phenolic OH excluding ortho intramolecular Hbond substituents is 1. The second-order valence-corrected chi connectivity index (χ2v) is 8.83. The summed E-state index contributed by atoms with van der Waals surface area (Å²) >= 11 is 3.12. The maximum Gasteiger partial charge on any atom is 0.237 e. The molecule has 0 saturated carbocycles. The van der Waals surface area contributed by atoms with Crippen molar-refractivity contribution in [3.63, 3.8) is 0 Å². The summed E-state index contributed by atoms with van der Waals surface area (Å²) in [4.78, 5) is 16.0. The van der Waals surface area contributed by atoms with Crippen LogP contribution in [0.5, 0.6) is 5.75 Å². The summed E-state index contributed by atoms with van der Waals surface area (Å²) in [5.74, 6) is 0.451. The van der Waals surface area contributed by atoms with E-state index in [1.165, 1.54) is 11.8 Å². The Morgan fingerprint density at radius 3 is 2.86 bits per heavy atom. The Kier molecular flexibility index (Phi) is 5.54. The van der Waals surface area contributed by atoms with Gasteiger partial charge in [0, 0.05) is 16.7 Å². The van der Waals surface area contributed by atoms with Crippen LogP contribution in [0.4, 0.5) is 5.69 Å². The maximum atomic E-state index is 13.0. The first kappa shape index (κ1) is 18.8. The van der Waals surface area contributed by atoms with Gasteiger partial charge in [-0.25, -0.2) is 0 Å². The minimum absolute atomic E-state index is 0.0346. The Morgan fingerprint density at radius 2 is 2.04 bits per heavy atom. The smallest absolute Gasteiger partial charge is 0.237 e. The Hall–Kier alpha value is -2.52. The Bertz CT molecular complexity index is 976. The van der Waals surface area contributed by atoms with Gasteiger partial charge in [-0.2, -0.15) is 4.68 Å². The van der Waals surface area contributed by atoms with Gasteiger partial charge in [0.15, 0.2) is 0 Å². The standard InChI is InChI=1S/C19H19N5O2S2/c1-13-10-11-23(16-4-2-3-5-17(16)28-13)18(26)12-27-19-20-21-22-24(19)14-6-8-15(25)9-7-14/h2-9,13,25H,10-12H2,1H3/t13-/m0/s1. The largest absolute Gasteiger partial charge is 0.508 e. The van der Waals surface area contributed by atoms with Crippen LogP contribution in [-0.2, 0) is 4.79 Å². The van der Waals surface area contributed by atoms with E-state index in [1.54, 1.807) is 28.9 Å². The molecule has 0 aliphatic carbocycles. The first-order valence-electron chi connectivity index (χ1n) is 8.88. The van der Waals surface area contributed by atoms with E-state index in [1.807, 2.05) is 34.9 Å². The molecule has 1 aromatic heterocycles. The zero-order valence-corrected chi connectivity index (χ0v) is 16.9. The minimum atomic E-state index is 0.0346. The minimum Gasteiger partial charge on any atom is -0.508 e. The number of para-hydroxylation sites is 1. The van der Waals surface area contributed by atoms with Crippen LogP contribution in [0.3, 0.4) is 0 Å². The van der Waals surface area contributed by atoms with Crippen LogP contribution in [0.1, 0.15) is 13.3 Å². The fourth-order valence-electron chi connectivity index (χ4n) is 2.97. The number of aromatic nitrogens is 4. The zero-order valence-electron chi connectivity index (χ0n) is 15.2. The summed E-state index contributed by atoms with van der Waals surface area (Å²) in [6, 6.07) is 14.6. The summed E-state index contributed by atoms with van der Waals surface area (Å²) in [6.07, 6.45) is 0.945. The van der Waals surface area contributed by atoms with Crippen LogP contribution in [0.25, 0.3) is 5.69 Å². The van der Waals surface area contributed by atoms with E-state index in [-0.39, 0.29) is 17.4 Å². The van der Waals surface area contributed by atoms with E-state index in [4.69, 9.17) is 0 Å². The summed E-state index contributed by atoms with van der Waals surface area (Å²) in [5.41, 5.74) is 1.70. The van der Waals surface area contributed by atoms with E-state index in [2.05, 4.69) is 28.5 Å². The van der Waals surface area contributed by atoms with Gasteiger partial charge in [0.25, 0.3) is 0 Å². The van der Waals surface area contributed by atoms with E-state index in [0.717, 1.165) is 22.7 Å². The number of amides is 1. The van der Waals surface area contributed by atoms with Crippen molar-refractivity contribution in [2.75, 3.05) is 17.2 Å². The van der Waals surface area contributed by atoms with Crippen molar-refractivity contribution in [3.8, 4) is 11.4 Å². The van der Waals surface area contributed by atoms with Gasteiger partial charge in [0.05, 0.1) is 17.1 Å². The molecule has 3 aromatic rings. The van der Waals surface area contributed by atoms with Gasteiger partial charge >= 0.3 is 0 Å². The molecular formula is C19H19N5O2S2. The molecule has 0 bridgehead atoms. The Balaban J connectivity index is 1.50. The fraction of sp³-hybridized carbons (Fsp3) is 0.263. The molecule has 0 spiro atoms. The second kappa shape index (κ2) is 8.24. The molecule has 144 valence electrons. The van der Waals surface area contributed by atoms with Crippen molar-refractivity contribution >= 4 is 35.1 Å². The van der Waals surface area contributed by atoms with Crippen LogP contribution >= 0.6 is 23.5 Å². The molecule has 9 heteroatoms. The van der Waals surface area contributed by atoms with Crippen LogP contribution < -0.4 is 4.90 Å². The molecule has 4 rings (SSSR count). The highest BCUT2D eigenvalue weighted by Gasteiger charge is 2.24. The monoisotopic (exact) mass is 413 g/mol. The molecule has 1 amide bonds. The van der Waals surface area contributed by atoms with Gasteiger partial charge in [-0.15, -0.1) is 16.9 Å². The molecule has 2 aromatic carbocycles. The van der Waals surface area contributed by atoms with Crippen LogP contribution in [0.2, 0.25) is 0 Å². The quantitative estimate of drug-likeness (QED) is 0.657. The molecule has 0 saturated heterocycles. The van der Waals surface area contributed by atoms with Crippen molar-refractivity contribution in [2.24, 2.45) is 0 Å². The first-order chi connectivity index (χ1) is 13.6. The summed E-state index contributed by atoms with van der Waals surface area (Å²) in [6.45, 7) is 2.89. The van der Waals surface area contributed by atoms with Crippen molar-refractivity contribution in [1.82, 2.24) is 20.2 Å². The number of anilines is 1. The lowest BCUT2D eigenvalue weighted by Crippen LogP contribution is -2.33. The lowest BCUT2D eigenvalue weighted by atomic mass is 10.2. The number of hydrogen-bond donors (Lipinski definition) is 1. The molecule has 2 heterocycles. The average molecular weight is 414 g/mol. The molecule has 1 N–H and O–H groups in total. The molecule has 28 heavy (non-hydrogen) atoms. The first-order valence-corrected chi connectivity index (χ1v) is 10.7. The van der Waals surface area contributed by atoms with Gasteiger partial charge in [-0.1, -0.05) is 30.8 Å². The van der Waals surface area contributed by atoms with E-state index in [9.17, 15) is 9.90 Å². The van der Waals surface area contributed by atoms with E-state index in [0.29, 0.717) is 17.0 Å². The molecule has 1 aliphatic heterocycles. The van der Waals surface area contributed by atoms with Gasteiger partial charge in [-0.3, -0.25) is 4.79 Å². The molecule has 0 radical (unpaired) electrons. The highest BCUT2D eigenvalue weighted by molar-refractivity contribution is 8.00. The zero-order chi connectivity index (χ0) is 19.5. The summed E-state index contributed by atoms with van der Waals surface area (Å²) < 4.78 is 1.56. The lowest BCUT2D eigenvalue weighted by Gasteiger charge is -2.22. The highest BCUT2D eigenvalue weighted by Crippen LogP contribution is 2.37. The summed E-state index contributed by atoms with van der Waals surface area (Å²) in [5, 5.41) is 22.2. The maximum absolute atomic E-state index is 13.0. The number of benzene rings is 2. The van der Waals surface area contributed by atoms with Crippen LogP contribution in [0, 0.1) is 0 Å². The van der Waals surface area contributed by atoms with Crippen molar-refractivity contribution < 1.29 is 9.90 Å². The predicted octanol–water partition coefficient (Wildman–Crippen LogP) is 3.38. The normalized spacial score (nSPS) is 16.5. The molecule has 0 unspecified atom stereocenters. The lowest BCUT2D eigenvalue weighted by molar-refractivity contribution is -0.116. The van der Waals surface area contributed by atoms with E-state index >= 15 is 0 Å². The van der Waals surface area contributed by atoms with Gasteiger partial charge in [0.1, 0.15) is 5.75 Å². The summed E-state index contributed by atoms with van der Waals surface area (Å²) in [7, 11) is 0. The number of rotatable bonds is 4. The number of aromatic hydroxyl groups is 1. The predicted molar refractivity (Wildman–Crippen MR) is 110 cm³/mol. The third-order valence-corrected chi connectivity index (χ3v) is 6.55. The van der Waals surface area contributed by atoms with Crippen LogP contribution in [0.15, 0.2) is 58.6 Å². The number of hydrogen-bond acceptors (Lipinski definition) is 7. The van der Waals surface area contributed by atoms with Crippen LogP contribution in [-0.4, -0.2) is 48.8 Å². The topological polar surface area (TPSA) is 84.1 Å². The van der Waals surface area contributed by atoms with E-state index < -0.39 is 0 Å². The second-order valence-electron chi connectivity index (χ2n) is 6.41. The number of carbonyl (C=O) groups excluding carboxylic acids is 1. The highest BCUT2D eigenvalue weighted by atomic mass is 32.2. The van der Waals surface area contributed by atoms with Gasteiger partial charge in [-0.05, 0) is 53.2 Å². The average Bonchev–Trinajstić information content (AvgIpc) is 3.09. The Morgan fingerprint density at radius 1 is 1.25 bits per heavy atom. The third-order valence-electron chi connectivity index (χ3n) is 4.40. The SMILES string of the molecule is C[C@H]1CCN(C(=O)CSc2nnnn2-c2ccc(O)cc2)c2ccccc2S1. The van der Waals surface area contributed by atoms with Gasteiger partial charge in [0.2, 0.25) is 11.1 Å². The Labute approximate surface area is 171 Å².